The molecule has 1 N–H and O–H groups in total. The standard InChI is InChI=1S/C20H16ClN3O2/c1-20(2)16-9-14(21)5-8-17(16)23-18(20)13-10-22-24(11-13)15-6-3-12(4-7-15)19(25)26/h3-11H,1-2H3,(H,25,26). The molecule has 0 aliphatic carbocycles. The molecule has 1 aromatic heterocycles. The molecule has 1 aliphatic rings. The highest BCUT2D eigenvalue weighted by atomic mass is 35.5. The smallest absolute Gasteiger partial charge is 0.335 e. The largest absolute Gasteiger partial charge is 0.478 e. The van der Waals surface area contributed by atoms with Crippen LogP contribution in [0.3, 0.4) is 0 Å². The molecule has 0 atom stereocenters. The van der Waals surface area contributed by atoms with Crippen LogP contribution in [0.5, 0.6) is 0 Å². The molecule has 0 saturated carbocycles. The zero-order chi connectivity index (χ0) is 18.5. The summed E-state index contributed by atoms with van der Waals surface area (Å²) in [6, 6.07) is 12.3. The van der Waals surface area contributed by atoms with E-state index in [1.54, 1.807) is 35.1 Å². The summed E-state index contributed by atoms with van der Waals surface area (Å²) < 4.78 is 1.72. The van der Waals surface area contributed by atoms with Crippen LogP contribution in [-0.4, -0.2) is 26.6 Å². The van der Waals surface area contributed by atoms with Crippen molar-refractivity contribution in [2.75, 3.05) is 0 Å². The van der Waals surface area contributed by atoms with Crippen LogP contribution in [0.1, 0.15) is 35.3 Å². The fraction of sp³-hybridized carbons (Fsp3) is 0.150. The number of hydrogen-bond donors (Lipinski definition) is 1. The monoisotopic (exact) mass is 365 g/mol. The van der Waals surface area contributed by atoms with E-state index in [2.05, 4.69) is 18.9 Å². The highest BCUT2D eigenvalue weighted by molar-refractivity contribution is 6.31. The first-order chi connectivity index (χ1) is 12.4. The molecule has 2 heterocycles. The van der Waals surface area contributed by atoms with Crippen molar-refractivity contribution in [3.05, 3.63) is 76.6 Å². The van der Waals surface area contributed by atoms with Gasteiger partial charge in [0.05, 0.1) is 28.8 Å². The van der Waals surface area contributed by atoms with Gasteiger partial charge < -0.3 is 5.11 Å². The highest BCUT2D eigenvalue weighted by Crippen LogP contribution is 2.43. The third kappa shape index (κ3) is 2.61. The topological polar surface area (TPSA) is 67.5 Å². The molecule has 2 aromatic carbocycles. The number of aliphatic imine (C=N–C) groups is 1. The summed E-state index contributed by atoms with van der Waals surface area (Å²) in [4.78, 5) is 15.8. The minimum Gasteiger partial charge on any atom is -0.478 e. The molecule has 0 bridgehead atoms. The van der Waals surface area contributed by atoms with Crippen molar-refractivity contribution in [2.24, 2.45) is 4.99 Å². The number of nitrogens with zero attached hydrogens (tertiary/aromatic N) is 3. The molecule has 0 fully saturated rings. The van der Waals surface area contributed by atoms with Crippen LogP contribution in [0.4, 0.5) is 5.69 Å². The van der Waals surface area contributed by atoms with Crippen LogP contribution in [-0.2, 0) is 5.41 Å². The zero-order valence-electron chi connectivity index (χ0n) is 14.3. The van der Waals surface area contributed by atoms with E-state index in [0.29, 0.717) is 5.02 Å². The Bertz CT molecular complexity index is 1050. The average molecular weight is 366 g/mol. The lowest BCUT2D eigenvalue weighted by Crippen LogP contribution is -2.26. The van der Waals surface area contributed by atoms with Gasteiger partial charge in [-0.15, -0.1) is 0 Å². The number of fused-ring (bicyclic) bond motifs is 1. The van der Waals surface area contributed by atoms with E-state index in [1.165, 1.54) is 0 Å². The Morgan fingerprint density at radius 3 is 2.58 bits per heavy atom. The van der Waals surface area contributed by atoms with E-state index in [-0.39, 0.29) is 11.0 Å². The van der Waals surface area contributed by atoms with Crippen molar-refractivity contribution in [1.82, 2.24) is 9.78 Å². The van der Waals surface area contributed by atoms with Gasteiger partial charge in [-0.3, -0.25) is 4.99 Å². The van der Waals surface area contributed by atoms with Crippen LogP contribution >= 0.6 is 11.6 Å². The fourth-order valence-electron chi connectivity index (χ4n) is 3.26. The summed E-state index contributed by atoms with van der Waals surface area (Å²) in [5, 5.41) is 14.1. The fourth-order valence-corrected chi connectivity index (χ4v) is 3.43. The van der Waals surface area contributed by atoms with E-state index in [0.717, 1.165) is 28.2 Å². The molecule has 6 heteroatoms. The van der Waals surface area contributed by atoms with Crippen LogP contribution in [0, 0.1) is 0 Å². The lowest BCUT2D eigenvalue weighted by molar-refractivity contribution is 0.0697. The van der Waals surface area contributed by atoms with Crippen molar-refractivity contribution < 1.29 is 9.90 Å². The zero-order valence-corrected chi connectivity index (χ0v) is 15.0. The van der Waals surface area contributed by atoms with E-state index < -0.39 is 5.97 Å². The van der Waals surface area contributed by atoms with Crippen molar-refractivity contribution in [1.29, 1.82) is 0 Å². The van der Waals surface area contributed by atoms with Crippen LogP contribution in [0.2, 0.25) is 5.02 Å². The molecule has 0 unspecified atom stereocenters. The third-order valence-electron chi connectivity index (χ3n) is 4.69. The van der Waals surface area contributed by atoms with E-state index in [4.69, 9.17) is 21.7 Å². The molecule has 130 valence electrons. The first-order valence-electron chi connectivity index (χ1n) is 8.14. The van der Waals surface area contributed by atoms with Gasteiger partial charge in [0.15, 0.2) is 0 Å². The van der Waals surface area contributed by atoms with Gasteiger partial charge in [0.1, 0.15) is 0 Å². The van der Waals surface area contributed by atoms with Gasteiger partial charge in [-0.25, -0.2) is 9.48 Å². The Hall–Kier alpha value is -2.92. The van der Waals surface area contributed by atoms with Gasteiger partial charge in [-0.05, 0) is 48.0 Å². The third-order valence-corrected chi connectivity index (χ3v) is 4.93. The highest BCUT2D eigenvalue weighted by Gasteiger charge is 2.36. The molecule has 3 aromatic rings. The Labute approximate surface area is 155 Å². The van der Waals surface area contributed by atoms with Gasteiger partial charge in [0, 0.05) is 22.2 Å². The van der Waals surface area contributed by atoms with Crippen LogP contribution < -0.4 is 0 Å². The normalized spacial score (nSPS) is 14.8. The molecular weight excluding hydrogens is 350 g/mol. The maximum Gasteiger partial charge on any atom is 0.335 e. The molecule has 5 nitrogen and oxygen atoms in total. The van der Waals surface area contributed by atoms with Crippen molar-refractivity contribution >= 4 is 29.0 Å². The molecule has 0 spiro atoms. The maximum absolute atomic E-state index is 11.0. The van der Waals surface area contributed by atoms with Crippen molar-refractivity contribution in [2.45, 2.75) is 19.3 Å². The Kier molecular flexibility index (Phi) is 3.70. The number of carboxylic acid groups (broad SMARTS) is 1. The number of aromatic carboxylic acids is 1. The molecule has 26 heavy (non-hydrogen) atoms. The number of halogens is 1. The summed E-state index contributed by atoms with van der Waals surface area (Å²) >= 11 is 6.15. The van der Waals surface area contributed by atoms with Gasteiger partial charge >= 0.3 is 5.97 Å². The number of rotatable bonds is 3. The summed E-state index contributed by atoms with van der Waals surface area (Å²) in [6.45, 7) is 4.24. The van der Waals surface area contributed by atoms with E-state index in [1.807, 2.05) is 24.4 Å². The van der Waals surface area contributed by atoms with Gasteiger partial charge in [0.2, 0.25) is 0 Å². The number of carboxylic acids is 1. The maximum atomic E-state index is 11.0. The Morgan fingerprint density at radius 1 is 1.15 bits per heavy atom. The number of aromatic nitrogens is 2. The van der Waals surface area contributed by atoms with E-state index >= 15 is 0 Å². The van der Waals surface area contributed by atoms with E-state index in [9.17, 15) is 4.79 Å². The Morgan fingerprint density at radius 2 is 1.88 bits per heavy atom. The molecule has 1 aliphatic heterocycles. The van der Waals surface area contributed by atoms with Gasteiger partial charge in [-0.1, -0.05) is 25.4 Å². The number of benzene rings is 2. The summed E-state index contributed by atoms with van der Waals surface area (Å²) in [5.41, 5.74) is 4.63. The minimum absolute atomic E-state index is 0.245. The average Bonchev–Trinajstić information content (AvgIpc) is 3.18. The second-order valence-corrected chi connectivity index (χ2v) is 7.21. The molecule has 4 rings (SSSR count). The minimum atomic E-state index is -0.948. The lowest BCUT2D eigenvalue weighted by Gasteiger charge is -2.21. The first-order valence-corrected chi connectivity index (χ1v) is 8.52. The summed E-state index contributed by atoms with van der Waals surface area (Å²) in [6.07, 6.45) is 3.68. The Balaban J connectivity index is 1.70. The quantitative estimate of drug-likeness (QED) is 0.735. The summed E-state index contributed by atoms with van der Waals surface area (Å²) in [7, 11) is 0. The first kappa shape index (κ1) is 16.5. The SMILES string of the molecule is CC1(C)C(c2cnn(-c3ccc(C(=O)O)cc3)c2)=Nc2ccc(Cl)cc21. The predicted octanol–water partition coefficient (Wildman–Crippen LogP) is 4.64. The molecule has 0 saturated heterocycles. The van der Waals surface area contributed by atoms with Crippen molar-refractivity contribution in [3.8, 4) is 5.69 Å². The second-order valence-electron chi connectivity index (χ2n) is 6.77. The number of hydrogen-bond acceptors (Lipinski definition) is 3. The molecular formula is C20H16ClN3O2. The van der Waals surface area contributed by atoms with Gasteiger partial charge in [-0.2, -0.15) is 5.10 Å². The molecule has 0 amide bonds. The van der Waals surface area contributed by atoms with Crippen LogP contribution in [0.15, 0.2) is 59.9 Å². The summed E-state index contributed by atoms with van der Waals surface area (Å²) in [5.74, 6) is -0.948. The molecule has 0 radical (unpaired) electrons. The second kappa shape index (κ2) is 5.81. The van der Waals surface area contributed by atoms with Crippen LogP contribution in [0.25, 0.3) is 5.69 Å². The van der Waals surface area contributed by atoms with Gasteiger partial charge in [0.25, 0.3) is 0 Å². The van der Waals surface area contributed by atoms with Crippen molar-refractivity contribution in [3.63, 3.8) is 0 Å². The number of carbonyl (C=O) groups is 1. The predicted molar refractivity (Wildman–Crippen MR) is 101 cm³/mol. The lowest BCUT2D eigenvalue weighted by atomic mass is 9.80.